The van der Waals surface area contributed by atoms with Gasteiger partial charge in [-0.05, 0) is 55.3 Å². The summed E-state index contributed by atoms with van der Waals surface area (Å²) in [5, 5.41) is 0. The Balaban J connectivity index is 1.86. The summed E-state index contributed by atoms with van der Waals surface area (Å²) in [6.45, 7) is 2.64. The molecule has 1 amide bonds. The first-order valence-corrected chi connectivity index (χ1v) is 10.7. The largest absolute Gasteiger partial charge is 0.494 e. The van der Waals surface area contributed by atoms with E-state index in [1.165, 1.54) is 12.1 Å². The molecule has 5 nitrogen and oxygen atoms in total. The summed E-state index contributed by atoms with van der Waals surface area (Å²) in [6, 6.07) is 12.3. The molecule has 1 aliphatic heterocycles. The van der Waals surface area contributed by atoms with Crippen molar-refractivity contribution in [3.8, 4) is 5.75 Å². The minimum absolute atomic E-state index is 0.0447. The number of carbonyl (C=O) groups excluding carboxylic acids is 1. The Morgan fingerprint density at radius 1 is 1.15 bits per heavy atom. The fourth-order valence-electron chi connectivity index (χ4n) is 3.20. The van der Waals surface area contributed by atoms with Crippen LogP contribution in [0.2, 0.25) is 0 Å². The minimum atomic E-state index is -3.14. The van der Waals surface area contributed by atoms with Gasteiger partial charge in [0, 0.05) is 18.2 Å². The third-order valence-corrected chi connectivity index (χ3v) is 6.34. The lowest BCUT2D eigenvalue weighted by atomic mass is 10.1. The topological polar surface area (TPSA) is 63.7 Å². The van der Waals surface area contributed by atoms with Crippen molar-refractivity contribution >= 4 is 15.7 Å². The number of sulfone groups is 1. The van der Waals surface area contributed by atoms with Crippen molar-refractivity contribution in [3.63, 3.8) is 0 Å². The van der Waals surface area contributed by atoms with Gasteiger partial charge in [0.15, 0.2) is 9.84 Å². The third-order valence-electron chi connectivity index (χ3n) is 4.59. The van der Waals surface area contributed by atoms with Crippen LogP contribution < -0.4 is 4.74 Å². The van der Waals surface area contributed by atoms with E-state index in [1.807, 2.05) is 6.92 Å². The second-order valence-corrected chi connectivity index (χ2v) is 8.80. The Kier molecular flexibility index (Phi) is 5.79. The molecule has 0 spiro atoms. The number of benzene rings is 2. The van der Waals surface area contributed by atoms with Crippen LogP contribution in [0.3, 0.4) is 0 Å². The number of rotatable bonds is 6. The Morgan fingerprint density at radius 2 is 1.81 bits per heavy atom. The molecule has 0 bridgehead atoms. The van der Waals surface area contributed by atoms with Crippen molar-refractivity contribution in [2.45, 2.75) is 25.9 Å². The van der Waals surface area contributed by atoms with Crippen LogP contribution in [0.5, 0.6) is 5.75 Å². The second kappa shape index (κ2) is 8.08. The van der Waals surface area contributed by atoms with E-state index in [1.54, 1.807) is 41.3 Å². The molecular formula is C20H22FNO4S. The predicted molar refractivity (Wildman–Crippen MR) is 101 cm³/mol. The molecule has 0 N–H and O–H groups in total. The number of hydrogen-bond donors (Lipinski definition) is 0. The van der Waals surface area contributed by atoms with E-state index in [2.05, 4.69) is 0 Å². The molecule has 7 heteroatoms. The summed E-state index contributed by atoms with van der Waals surface area (Å²) in [5.41, 5.74) is 1.21. The average molecular weight is 391 g/mol. The maximum absolute atomic E-state index is 13.2. The van der Waals surface area contributed by atoms with Gasteiger partial charge in [0.2, 0.25) is 0 Å². The Labute approximate surface area is 158 Å². The molecule has 0 unspecified atom stereocenters. The van der Waals surface area contributed by atoms with Crippen LogP contribution in [0.1, 0.15) is 29.3 Å². The summed E-state index contributed by atoms with van der Waals surface area (Å²) in [5.74, 6) is 0.101. The van der Waals surface area contributed by atoms with Crippen molar-refractivity contribution in [1.29, 1.82) is 0 Å². The van der Waals surface area contributed by atoms with Gasteiger partial charge in [-0.25, -0.2) is 12.8 Å². The zero-order valence-electron chi connectivity index (χ0n) is 15.1. The molecule has 1 heterocycles. The Hall–Kier alpha value is -2.41. The molecule has 0 aliphatic carbocycles. The number of ether oxygens (including phenoxy) is 1. The van der Waals surface area contributed by atoms with Gasteiger partial charge in [0.1, 0.15) is 11.6 Å². The first-order chi connectivity index (χ1) is 12.9. The van der Waals surface area contributed by atoms with Gasteiger partial charge >= 0.3 is 0 Å². The summed E-state index contributed by atoms with van der Waals surface area (Å²) in [4.78, 5) is 14.7. The zero-order chi connectivity index (χ0) is 19.4. The first-order valence-electron chi connectivity index (χ1n) is 8.86. The Morgan fingerprint density at radius 3 is 2.37 bits per heavy atom. The third kappa shape index (κ3) is 4.86. The summed E-state index contributed by atoms with van der Waals surface area (Å²) in [6.07, 6.45) is 0.409. The van der Waals surface area contributed by atoms with Crippen LogP contribution in [0.4, 0.5) is 4.39 Å². The normalized spacial score (nSPS) is 18.2. The number of hydrogen-bond acceptors (Lipinski definition) is 4. The monoisotopic (exact) mass is 391 g/mol. The van der Waals surface area contributed by atoms with Crippen LogP contribution in [0.15, 0.2) is 48.5 Å². The van der Waals surface area contributed by atoms with Crippen LogP contribution in [-0.4, -0.2) is 43.4 Å². The highest BCUT2D eigenvalue weighted by Gasteiger charge is 2.35. The first kappa shape index (κ1) is 19.4. The lowest BCUT2D eigenvalue weighted by Gasteiger charge is -2.28. The lowest BCUT2D eigenvalue weighted by molar-refractivity contribution is 0.0681. The van der Waals surface area contributed by atoms with E-state index in [9.17, 15) is 17.6 Å². The summed E-state index contributed by atoms with van der Waals surface area (Å²) >= 11 is 0. The highest BCUT2D eigenvalue weighted by molar-refractivity contribution is 7.91. The van der Waals surface area contributed by atoms with Gasteiger partial charge in [-0.2, -0.15) is 0 Å². The van der Waals surface area contributed by atoms with Crippen LogP contribution in [-0.2, 0) is 16.4 Å². The quantitative estimate of drug-likeness (QED) is 0.759. The van der Waals surface area contributed by atoms with E-state index < -0.39 is 9.84 Å². The maximum Gasteiger partial charge on any atom is 0.254 e. The molecule has 0 aromatic heterocycles. The number of amides is 1. The molecule has 2 aromatic carbocycles. The van der Waals surface area contributed by atoms with Gasteiger partial charge in [-0.15, -0.1) is 0 Å². The molecule has 3 rings (SSSR count). The second-order valence-electron chi connectivity index (χ2n) is 6.57. The molecule has 1 fully saturated rings. The van der Waals surface area contributed by atoms with Crippen LogP contribution >= 0.6 is 0 Å². The standard InChI is InChI=1S/C20H22FNO4S/c1-2-26-19-9-5-16(6-10-19)20(23)22(18-11-12-27(24,25)14-18)13-15-3-7-17(21)8-4-15/h3-10,18H,2,11-14H2,1H3/t18-/m1/s1. The average Bonchev–Trinajstić information content (AvgIpc) is 3.01. The summed E-state index contributed by atoms with van der Waals surface area (Å²) < 4.78 is 42.4. The van der Waals surface area contributed by atoms with Gasteiger partial charge < -0.3 is 9.64 Å². The SMILES string of the molecule is CCOc1ccc(C(=O)N(Cc2ccc(F)cc2)[C@@H]2CCS(=O)(=O)C2)cc1. The van der Waals surface area contributed by atoms with Crippen molar-refractivity contribution < 1.29 is 22.3 Å². The fraction of sp³-hybridized carbons (Fsp3) is 0.350. The highest BCUT2D eigenvalue weighted by Crippen LogP contribution is 2.23. The van der Waals surface area contributed by atoms with Crippen LogP contribution in [0.25, 0.3) is 0 Å². The molecule has 0 radical (unpaired) electrons. The number of nitrogens with zero attached hydrogens (tertiary/aromatic N) is 1. The van der Waals surface area contributed by atoms with E-state index in [-0.39, 0.29) is 35.8 Å². The van der Waals surface area contributed by atoms with Crippen molar-refractivity contribution in [2.24, 2.45) is 0 Å². The lowest BCUT2D eigenvalue weighted by Crippen LogP contribution is -2.40. The molecule has 1 saturated heterocycles. The number of carbonyl (C=O) groups is 1. The van der Waals surface area contributed by atoms with E-state index >= 15 is 0 Å². The maximum atomic E-state index is 13.2. The van der Waals surface area contributed by atoms with Gasteiger partial charge in [0.05, 0.1) is 18.1 Å². The molecule has 27 heavy (non-hydrogen) atoms. The van der Waals surface area contributed by atoms with Crippen LogP contribution in [0, 0.1) is 5.82 Å². The highest BCUT2D eigenvalue weighted by atomic mass is 32.2. The zero-order valence-corrected chi connectivity index (χ0v) is 15.9. The Bertz CT molecular complexity index is 895. The molecule has 0 saturated carbocycles. The van der Waals surface area contributed by atoms with Gasteiger partial charge in [0.25, 0.3) is 5.91 Å². The van der Waals surface area contributed by atoms with Crippen molar-refractivity contribution in [2.75, 3.05) is 18.1 Å². The van der Waals surface area contributed by atoms with Crippen molar-refractivity contribution in [3.05, 3.63) is 65.5 Å². The van der Waals surface area contributed by atoms with E-state index in [0.29, 0.717) is 24.3 Å². The van der Waals surface area contributed by atoms with E-state index in [4.69, 9.17) is 4.74 Å². The van der Waals surface area contributed by atoms with E-state index in [0.717, 1.165) is 5.56 Å². The molecule has 144 valence electrons. The minimum Gasteiger partial charge on any atom is -0.494 e. The fourth-order valence-corrected chi connectivity index (χ4v) is 4.93. The van der Waals surface area contributed by atoms with Crippen molar-refractivity contribution in [1.82, 2.24) is 4.90 Å². The van der Waals surface area contributed by atoms with Gasteiger partial charge in [-0.3, -0.25) is 4.79 Å². The number of halogens is 1. The molecule has 2 aromatic rings. The summed E-state index contributed by atoms with van der Waals surface area (Å²) in [7, 11) is -3.14. The van der Waals surface area contributed by atoms with Gasteiger partial charge in [-0.1, -0.05) is 12.1 Å². The smallest absolute Gasteiger partial charge is 0.254 e. The molecular weight excluding hydrogens is 369 g/mol. The predicted octanol–water partition coefficient (Wildman–Crippen LogP) is 3.05. The molecule has 1 aliphatic rings. The molecule has 1 atom stereocenters.